The van der Waals surface area contributed by atoms with Crippen LogP contribution in [0.2, 0.25) is 5.15 Å². The molecule has 4 heteroatoms. The zero-order valence-electron chi connectivity index (χ0n) is 12.3. The Labute approximate surface area is 129 Å². The first-order valence-electron chi connectivity index (χ1n) is 6.96. The lowest BCUT2D eigenvalue weighted by Crippen LogP contribution is -2.03. The molecule has 3 rings (SSSR count). The third-order valence-electron chi connectivity index (χ3n) is 3.46. The zero-order chi connectivity index (χ0) is 15.0. The van der Waals surface area contributed by atoms with E-state index < -0.39 is 0 Å². The van der Waals surface area contributed by atoms with Gasteiger partial charge in [0.05, 0.1) is 16.9 Å². The van der Waals surface area contributed by atoms with Gasteiger partial charge in [0.1, 0.15) is 11.0 Å². The summed E-state index contributed by atoms with van der Waals surface area (Å²) < 4.78 is 0. The molecule has 3 nitrogen and oxygen atoms in total. The van der Waals surface area contributed by atoms with Crippen LogP contribution >= 0.6 is 11.6 Å². The van der Waals surface area contributed by atoms with Crippen LogP contribution in [0.4, 0.5) is 0 Å². The van der Waals surface area contributed by atoms with Gasteiger partial charge in [-0.3, -0.25) is 0 Å². The zero-order valence-corrected chi connectivity index (χ0v) is 13.0. The fourth-order valence-electron chi connectivity index (χ4n) is 2.21. The van der Waals surface area contributed by atoms with Crippen molar-refractivity contribution in [3.8, 4) is 11.4 Å². The molecule has 0 saturated heterocycles. The Morgan fingerprint density at radius 3 is 2.48 bits per heavy atom. The Morgan fingerprint density at radius 1 is 0.952 bits per heavy atom. The number of halogens is 1. The number of rotatable bonds is 2. The second-order valence-electron chi connectivity index (χ2n) is 5.39. The van der Waals surface area contributed by atoms with E-state index in [9.17, 15) is 0 Å². The number of hydrogen-bond acceptors (Lipinski definition) is 3. The number of aromatic nitrogens is 3. The van der Waals surface area contributed by atoms with E-state index in [1.165, 1.54) is 0 Å². The number of benzene rings is 1. The van der Waals surface area contributed by atoms with Gasteiger partial charge in [-0.2, -0.15) is 0 Å². The van der Waals surface area contributed by atoms with E-state index in [0.29, 0.717) is 5.15 Å². The Balaban J connectivity index is 2.21. The molecule has 0 amide bonds. The maximum absolute atomic E-state index is 6.25. The van der Waals surface area contributed by atoms with E-state index >= 15 is 0 Å². The van der Waals surface area contributed by atoms with Gasteiger partial charge in [0.2, 0.25) is 0 Å². The highest BCUT2D eigenvalue weighted by Gasteiger charge is 2.14. The lowest BCUT2D eigenvalue weighted by molar-refractivity contribution is 0.773. The van der Waals surface area contributed by atoms with Crippen LogP contribution in [-0.4, -0.2) is 15.0 Å². The smallest absolute Gasteiger partial charge is 0.136 e. The first-order valence-corrected chi connectivity index (χ1v) is 7.34. The predicted octanol–water partition coefficient (Wildman–Crippen LogP) is 4.78. The molecule has 0 unspecified atom stereocenters. The van der Waals surface area contributed by atoms with E-state index in [-0.39, 0.29) is 5.92 Å². The summed E-state index contributed by atoms with van der Waals surface area (Å²) in [7, 11) is 0. The molecule has 0 fully saturated rings. The number of hydrogen-bond donors (Lipinski definition) is 0. The van der Waals surface area contributed by atoms with Crippen molar-refractivity contribution in [1.82, 2.24) is 15.0 Å². The predicted molar refractivity (Wildman–Crippen MR) is 86.6 cm³/mol. The number of para-hydroxylation sites is 1. The highest BCUT2D eigenvalue weighted by molar-refractivity contribution is 6.30. The summed E-state index contributed by atoms with van der Waals surface area (Å²) in [5.74, 6) is 0.970. The van der Waals surface area contributed by atoms with Gasteiger partial charge in [0, 0.05) is 16.9 Å². The fraction of sp³-hybridized carbons (Fsp3) is 0.235. The second kappa shape index (κ2) is 5.41. The summed E-state index contributed by atoms with van der Waals surface area (Å²) in [5.41, 5.74) is 3.46. The summed E-state index contributed by atoms with van der Waals surface area (Å²) in [5, 5.41) is 1.61. The van der Waals surface area contributed by atoms with Crippen molar-refractivity contribution >= 4 is 22.5 Å². The van der Waals surface area contributed by atoms with Gasteiger partial charge in [-0.1, -0.05) is 49.7 Å². The molecule has 0 N–H and O–H groups in total. The minimum Gasteiger partial charge on any atom is -0.246 e. The monoisotopic (exact) mass is 297 g/mol. The van der Waals surface area contributed by atoms with E-state index in [1.807, 2.05) is 37.3 Å². The lowest BCUT2D eigenvalue weighted by Gasteiger charge is -2.11. The van der Waals surface area contributed by atoms with Crippen LogP contribution in [0, 0.1) is 6.92 Å². The average Bonchev–Trinajstić information content (AvgIpc) is 2.49. The van der Waals surface area contributed by atoms with Crippen LogP contribution in [-0.2, 0) is 0 Å². The first kappa shape index (κ1) is 14.0. The maximum Gasteiger partial charge on any atom is 0.136 e. The summed E-state index contributed by atoms with van der Waals surface area (Å²) in [6, 6.07) is 12.1. The molecule has 0 aliphatic carbocycles. The maximum atomic E-state index is 6.25. The van der Waals surface area contributed by atoms with Gasteiger partial charge in [-0.05, 0) is 19.1 Å². The third kappa shape index (κ3) is 2.61. The molecular formula is C17H16ClN3. The molecule has 3 aromatic rings. The van der Waals surface area contributed by atoms with Crippen molar-refractivity contribution in [3.63, 3.8) is 0 Å². The molecule has 0 aliphatic rings. The SMILES string of the molecule is Cc1c(Cl)nc(C(C)C)nc1-c1ccc2ccccc2n1. The molecule has 0 spiro atoms. The van der Waals surface area contributed by atoms with E-state index in [1.54, 1.807) is 0 Å². The standard InChI is InChI=1S/C17H16ClN3/c1-10(2)17-20-15(11(3)16(18)21-17)14-9-8-12-6-4-5-7-13(12)19-14/h4-10H,1-3H3. The molecule has 0 atom stereocenters. The lowest BCUT2D eigenvalue weighted by atomic mass is 10.1. The largest absolute Gasteiger partial charge is 0.246 e. The summed E-state index contributed by atoms with van der Waals surface area (Å²) in [6.45, 7) is 6.04. The summed E-state index contributed by atoms with van der Waals surface area (Å²) in [6.07, 6.45) is 0. The molecule has 106 valence electrons. The average molecular weight is 298 g/mol. The van der Waals surface area contributed by atoms with E-state index in [2.05, 4.69) is 29.9 Å². The van der Waals surface area contributed by atoms with Crippen LogP contribution in [0.25, 0.3) is 22.3 Å². The van der Waals surface area contributed by atoms with Crippen LogP contribution in [0.5, 0.6) is 0 Å². The van der Waals surface area contributed by atoms with Crippen molar-refractivity contribution in [2.45, 2.75) is 26.7 Å². The van der Waals surface area contributed by atoms with Crippen molar-refractivity contribution in [2.24, 2.45) is 0 Å². The van der Waals surface area contributed by atoms with Crippen molar-refractivity contribution in [1.29, 1.82) is 0 Å². The molecular weight excluding hydrogens is 282 g/mol. The topological polar surface area (TPSA) is 38.7 Å². The minimum absolute atomic E-state index is 0.224. The highest BCUT2D eigenvalue weighted by atomic mass is 35.5. The van der Waals surface area contributed by atoms with Crippen LogP contribution in [0.15, 0.2) is 36.4 Å². The number of fused-ring (bicyclic) bond motifs is 1. The number of nitrogens with zero attached hydrogens (tertiary/aromatic N) is 3. The van der Waals surface area contributed by atoms with E-state index in [0.717, 1.165) is 33.7 Å². The second-order valence-corrected chi connectivity index (χ2v) is 5.75. The van der Waals surface area contributed by atoms with Crippen LogP contribution in [0.1, 0.15) is 31.2 Å². The Kier molecular flexibility index (Phi) is 3.60. The molecule has 1 aromatic carbocycles. The molecule has 0 saturated carbocycles. The summed E-state index contributed by atoms with van der Waals surface area (Å²) >= 11 is 6.25. The van der Waals surface area contributed by atoms with Gasteiger partial charge in [0.15, 0.2) is 0 Å². The fourth-order valence-corrected chi connectivity index (χ4v) is 2.39. The van der Waals surface area contributed by atoms with E-state index in [4.69, 9.17) is 16.6 Å². The van der Waals surface area contributed by atoms with Gasteiger partial charge in [-0.15, -0.1) is 0 Å². The third-order valence-corrected chi connectivity index (χ3v) is 3.83. The molecule has 2 heterocycles. The van der Waals surface area contributed by atoms with Gasteiger partial charge in [0.25, 0.3) is 0 Å². The van der Waals surface area contributed by atoms with Gasteiger partial charge >= 0.3 is 0 Å². The molecule has 2 aromatic heterocycles. The number of pyridine rings is 1. The molecule has 0 radical (unpaired) electrons. The van der Waals surface area contributed by atoms with Crippen molar-refractivity contribution in [3.05, 3.63) is 52.9 Å². The van der Waals surface area contributed by atoms with Crippen molar-refractivity contribution < 1.29 is 0 Å². The van der Waals surface area contributed by atoms with Gasteiger partial charge in [-0.25, -0.2) is 15.0 Å². The Bertz CT molecular complexity index is 812. The first-order chi connectivity index (χ1) is 10.1. The minimum atomic E-state index is 0.224. The van der Waals surface area contributed by atoms with Crippen LogP contribution in [0.3, 0.4) is 0 Å². The van der Waals surface area contributed by atoms with Crippen LogP contribution < -0.4 is 0 Å². The summed E-state index contributed by atoms with van der Waals surface area (Å²) in [4.78, 5) is 13.7. The van der Waals surface area contributed by atoms with Crippen molar-refractivity contribution in [2.75, 3.05) is 0 Å². The highest BCUT2D eigenvalue weighted by Crippen LogP contribution is 2.27. The molecule has 0 aliphatic heterocycles. The Morgan fingerprint density at radius 2 is 1.71 bits per heavy atom. The molecule has 21 heavy (non-hydrogen) atoms. The normalized spacial score (nSPS) is 11.3. The molecule has 0 bridgehead atoms. The Hall–Kier alpha value is -2.00. The van der Waals surface area contributed by atoms with Gasteiger partial charge < -0.3 is 0 Å². The quantitative estimate of drug-likeness (QED) is 0.639.